The van der Waals surface area contributed by atoms with Crippen LogP contribution in [0.15, 0.2) is 54.7 Å². The van der Waals surface area contributed by atoms with E-state index in [1.807, 2.05) is 6.20 Å². The first-order chi connectivity index (χ1) is 15.2. The van der Waals surface area contributed by atoms with Gasteiger partial charge in [-0.1, -0.05) is 42.5 Å². The first-order valence-electron chi connectivity index (χ1n) is 10.8. The van der Waals surface area contributed by atoms with E-state index in [4.69, 9.17) is 19.3 Å². The molecule has 0 aliphatic heterocycles. The van der Waals surface area contributed by atoms with Crippen LogP contribution in [0.2, 0.25) is 0 Å². The summed E-state index contributed by atoms with van der Waals surface area (Å²) < 4.78 is 19.2. The van der Waals surface area contributed by atoms with Crippen LogP contribution in [0.5, 0.6) is 17.2 Å². The van der Waals surface area contributed by atoms with Gasteiger partial charge >= 0.3 is 0 Å². The molecule has 1 atom stereocenters. The number of fused-ring (bicyclic) bond motifs is 1. The fraction of sp³-hybridized carbons (Fsp3) is 0.346. The summed E-state index contributed by atoms with van der Waals surface area (Å²) >= 11 is 0. The molecule has 2 aromatic carbocycles. The zero-order valence-corrected chi connectivity index (χ0v) is 18.3. The van der Waals surface area contributed by atoms with Crippen LogP contribution in [0.4, 0.5) is 0 Å². The zero-order valence-electron chi connectivity index (χ0n) is 18.3. The Labute approximate surface area is 183 Å². The molecule has 3 aromatic rings. The van der Waals surface area contributed by atoms with Crippen LogP contribution < -0.4 is 14.2 Å². The number of rotatable bonds is 6. The molecule has 2 aliphatic carbocycles. The Kier molecular flexibility index (Phi) is 4.97. The Morgan fingerprint density at radius 3 is 2.23 bits per heavy atom. The van der Waals surface area contributed by atoms with Crippen molar-refractivity contribution in [3.8, 4) is 17.2 Å². The van der Waals surface area contributed by atoms with E-state index in [2.05, 4.69) is 59.3 Å². The Morgan fingerprint density at radius 2 is 1.65 bits per heavy atom. The largest absolute Gasteiger partial charge is 0.493 e. The average molecular weight is 417 g/mol. The third kappa shape index (κ3) is 3.11. The summed E-state index contributed by atoms with van der Waals surface area (Å²) in [5.74, 6) is 1.94. The summed E-state index contributed by atoms with van der Waals surface area (Å²) in [4.78, 5) is 0. The first kappa shape index (κ1) is 19.7. The molecule has 0 saturated heterocycles. The molecule has 2 aliphatic rings. The van der Waals surface area contributed by atoms with Gasteiger partial charge in [0.1, 0.15) is 0 Å². The third-order valence-corrected chi connectivity index (χ3v) is 6.81. The van der Waals surface area contributed by atoms with Crippen molar-refractivity contribution < 1.29 is 14.2 Å². The van der Waals surface area contributed by atoms with Gasteiger partial charge in [0.2, 0.25) is 5.75 Å². The van der Waals surface area contributed by atoms with E-state index in [1.165, 1.54) is 36.1 Å². The van der Waals surface area contributed by atoms with E-state index in [0.29, 0.717) is 23.3 Å². The lowest BCUT2D eigenvalue weighted by Crippen LogP contribution is -2.33. The van der Waals surface area contributed by atoms with Gasteiger partial charge in [0.15, 0.2) is 11.5 Å². The van der Waals surface area contributed by atoms with Crippen molar-refractivity contribution in [2.45, 2.75) is 37.1 Å². The second-order valence-corrected chi connectivity index (χ2v) is 8.34. The average Bonchev–Trinajstić information content (AvgIpc) is 3.19. The molecule has 1 fully saturated rings. The monoisotopic (exact) mass is 416 g/mol. The van der Waals surface area contributed by atoms with E-state index >= 15 is 0 Å². The Balaban J connectivity index is 1.71. The summed E-state index contributed by atoms with van der Waals surface area (Å²) in [6, 6.07) is 15.3. The van der Waals surface area contributed by atoms with Crippen LogP contribution in [0.1, 0.15) is 47.7 Å². The van der Waals surface area contributed by atoms with Gasteiger partial charge in [0.05, 0.1) is 33.6 Å². The van der Waals surface area contributed by atoms with Crippen LogP contribution in [0, 0.1) is 0 Å². The molecule has 5 heteroatoms. The number of aromatic nitrogens is 2. The van der Waals surface area contributed by atoms with E-state index in [0.717, 1.165) is 12.0 Å². The molecule has 1 aromatic heterocycles. The van der Waals surface area contributed by atoms with Crippen molar-refractivity contribution in [3.05, 3.63) is 77.1 Å². The molecule has 5 nitrogen and oxygen atoms in total. The number of ether oxygens (including phenoxy) is 3. The molecule has 0 amide bonds. The van der Waals surface area contributed by atoms with Crippen molar-refractivity contribution >= 4 is 6.08 Å². The van der Waals surface area contributed by atoms with Crippen LogP contribution >= 0.6 is 0 Å². The molecular formula is C26H28N2O3. The molecule has 5 rings (SSSR count). The number of nitrogens with zero attached hydrogens (tertiary/aromatic N) is 2. The van der Waals surface area contributed by atoms with Gasteiger partial charge in [-0.25, -0.2) is 0 Å². The lowest BCUT2D eigenvalue weighted by Gasteiger charge is -2.37. The van der Waals surface area contributed by atoms with Crippen molar-refractivity contribution in [1.82, 2.24) is 9.78 Å². The quantitative estimate of drug-likeness (QED) is 0.555. The molecule has 31 heavy (non-hydrogen) atoms. The fourth-order valence-electron chi connectivity index (χ4n) is 4.86. The summed E-state index contributed by atoms with van der Waals surface area (Å²) in [6.45, 7) is 0. The van der Waals surface area contributed by atoms with Crippen molar-refractivity contribution in [2.24, 2.45) is 0 Å². The van der Waals surface area contributed by atoms with Crippen molar-refractivity contribution in [1.29, 1.82) is 0 Å². The molecule has 0 spiro atoms. The van der Waals surface area contributed by atoms with Crippen LogP contribution in [0.25, 0.3) is 6.08 Å². The topological polar surface area (TPSA) is 45.5 Å². The second-order valence-electron chi connectivity index (χ2n) is 8.34. The molecule has 1 saturated carbocycles. The standard InChI is InChI=1S/C26H28N2O3/c1-29-23-14-20(15-24(30-2)25(23)31-3)26(19-8-5-4-6-9-19)13-12-18-17-27-28(22(18)16-26)21-10-7-11-21/h4-6,8-9,12-15,17,21H,7,10-11,16H2,1-3H3. The van der Waals surface area contributed by atoms with Crippen molar-refractivity contribution in [2.75, 3.05) is 21.3 Å². The SMILES string of the molecule is COc1cc(C2(c3ccccc3)C=Cc3cnn(C4CCC4)c3C2)cc(OC)c1OC. The Hall–Kier alpha value is -3.21. The summed E-state index contributed by atoms with van der Waals surface area (Å²) in [6.07, 6.45) is 11.1. The van der Waals surface area contributed by atoms with E-state index < -0.39 is 0 Å². The van der Waals surface area contributed by atoms with E-state index in [9.17, 15) is 0 Å². The summed E-state index contributed by atoms with van der Waals surface area (Å²) in [5.41, 5.74) is 4.49. The lowest BCUT2D eigenvalue weighted by atomic mass is 9.68. The maximum atomic E-state index is 5.69. The predicted octanol–water partition coefficient (Wildman–Crippen LogP) is 5.19. The minimum atomic E-state index is -0.359. The zero-order chi connectivity index (χ0) is 21.4. The van der Waals surface area contributed by atoms with E-state index in [-0.39, 0.29) is 5.41 Å². The van der Waals surface area contributed by atoms with Gasteiger partial charge in [-0.3, -0.25) is 4.68 Å². The highest BCUT2D eigenvalue weighted by molar-refractivity contribution is 5.65. The number of allylic oxidation sites excluding steroid dienone is 1. The van der Waals surface area contributed by atoms with Gasteiger partial charge < -0.3 is 14.2 Å². The fourth-order valence-corrected chi connectivity index (χ4v) is 4.86. The van der Waals surface area contributed by atoms with Crippen LogP contribution in [-0.4, -0.2) is 31.1 Å². The highest BCUT2D eigenvalue weighted by Gasteiger charge is 2.39. The summed E-state index contributed by atoms with van der Waals surface area (Å²) in [5, 5.41) is 4.76. The van der Waals surface area contributed by atoms with Gasteiger partial charge in [0.25, 0.3) is 0 Å². The minimum absolute atomic E-state index is 0.359. The molecule has 0 bridgehead atoms. The number of hydrogen-bond acceptors (Lipinski definition) is 4. The number of methoxy groups -OCH3 is 3. The molecule has 1 unspecified atom stereocenters. The Bertz CT molecular complexity index is 1090. The normalized spacial score (nSPS) is 20.1. The van der Waals surface area contributed by atoms with Gasteiger partial charge in [-0.2, -0.15) is 5.10 Å². The maximum absolute atomic E-state index is 5.69. The van der Waals surface area contributed by atoms with Gasteiger partial charge in [-0.05, 0) is 42.5 Å². The smallest absolute Gasteiger partial charge is 0.203 e. The molecule has 160 valence electrons. The maximum Gasteiger partial charge on any atom is 0.203 e. The van der Waals surface area contributed by atoms with Crippen LogP contribution in [0.3, 0.4) is 0 Å². The van der Waals surface area contributed by atoms with Gasteiger partial charge in [-0.15, -0.1) is 0 Å². The molecular weight excluding hydrogens is 388 g/mol. The third-order valence-electron chi connectivity index (χ3n) is 6.81. The summed E-state index contributed by atoms with van der Waals surface area (Å²) in [7, 11) is 4.96. The lowest BCUT2D eigenvalue weighted by molar-refractivity contribution is 0.279. The molecule has 0 radical (unpaired) electrons. The van der Waals surface area contributed by atoms with Crippen LogP contribution in [-0.2, 0) is 11.8 Å². The highest BCUT2D eigenvalue weighted by atomic mass is 16.5. The number of benzene rings is 2. The van der Waals surface area contributed by atoms with Crippen molar-refractivity contribution in [3.63, 3.8) is 0 Å². The number of hydrogen-bond donors (Lipinski definition) is 0. The molecule has 1 heterocycles. The Morgan fingerprint density at radius 1 is 0.935 bits per heavy atom. The van der Waals surface area contributed by atoms with Gasteiger partial charge in [0, 0.05) is 23.1 Å². The molecule has 0 N–H and O–H groups in total. The predicted molar refractivity (Wildman–Crippen MR) is 121 cm³/mol. The van der Waals surface area contributed by atoms with E-state index in [1.54, 1.807) is 21.3 Å². The second kappa shape index (κ2) is 7.80. The minimum Gasteiger partial charge on any atom is -0.493 e. The highest BCUT2D eigenvalue weighted by Crippen LogP contribution is 2.48. The first-order valence-corrected chi connectivity index (χ1v) is 10.8.